The largest absolute Gasteiger partial charge is 0.397 e. The molecule has 2 rings (SSSR count). The van der Waals surface area contributed by atoms with Gasteiger partial charge in [-0.2, -0.15) is 10.2 Å². The first kappa shape index (κ1) is 9.98. The van der Waals surface area contributed by atoms with Crippen LogP contribution in [0.1, 0.15) is 11.4 Å². The van der Waals surface area contributed by atoms with Gasteiger partial charge in [0.05, 0.1) is 29.6 Å². The highest BCUT2D eigenvalue weighted by molar-refractivity contribution is 5.68. The van der Waals surface area contributed by atoms with Crippen LogP contribution in [0.3, 0.4) is 0 Å². The molecule has 0 spiro atoms. The summed E-state index contributed by atoms with van der Waals surface area (Å²) in [5, 5.41) is 15.4. The van der Waals surface area contributed by atoms with Gasteiger partial charge in [0.1, 0.15) is 0 Å². The summed E-state index contributed by atoms with van der Waals surface area (Å²) < 4.78 is 4.59. The Hall–Kier alpha value is -2.55. The van der Waals surface area contributed by atoms with Crippen molar-refractivity contribution in [3.8, 4) is 6.07 Å². The van der Waals surface area contributed by atoms with E-state index in [4.69, 9.17) is 11.0 Å². The number of nitrogen functional groups attached to an aromatic ring is 1. The fourth-order valence-corrected chi connectivity index (χ4v) is 1.22. The average Bonchev–Trinajstić information content (AvgIpc) is 2.81. The van der Waals surface area contributed by atoms with E-state index in [0.29, 0.717) is 29.3 Å². The Morgan fingerprint density at radius 2 is 2.38 bits per heavy atom. The maximum atomic E-state index is 8.75. The summed E-state index contributed by atoms with van der Waals surface area (Å²) in [6.45, 7) is 0.398. The van der Waals surface area contributed by atoms with E-state index in [2.05, 4.69) is 20.0 Å². The summed E-state index contributed by atoms with van der Waals surface area (Å²) in [5.41, 5.74) is 7.55. The summed E-state index contributed by atoms with van der Waals surface area (Å²) in [6, 6.07) is 7.06. The Morgan fingerprint density at radius 3 is 3.06 bits per heavy atom. The molecule has 16 heavy (non-hydrogen) atoms. The second-order valence-corrected chi connectivity index (χ2v) is 3.11. The van der Waals surface area contributed by atoms with E-state index in [1.54, 1.807) is 18.2 Å². The Labute approximate surface area is 91.7 Å². The minimum atomic E-state index is 0.398. The molecule has 0 unspecified atom stereocenters. The number of nitrogens with two attached hydrogens (primary N) is 1. The van der Waals surface area contributed by atoms with Gasteiger partial charge in [-0.1, -0.05) is 5.16 Å². The first-order valence-corrected chi connectivity index (χ1v) is 4.58. The molecule has 0 saturated heterocycles. The first-order chi connectivity index (χ1) is 7.79. The van der Waals surface area contributed by atoms with E-state index in [1.807, 2.05) is 6.07 Å². The highest BCUT2D eigenvalue weighted by atomic mass is 16.5. The number of aromatic nitrogens is 2. The number of nitrogens with one attached hydrogen (secondary N) is 1. The molecule has 1 aromatic carbocycles. The summed E-state index contributed by atoms with van der Waals surface area (Å²) in [6.07, 6.45) is 1.26. The van der Waals surface area contributed by atoms with Crippen LogP contribution >= 0.6 is 0 Å². The number of benzene rings is 1. The normalized spacial score (nSPS) is 9.69. The number of hydrogen-bond acceptors (Lipinski definition) is 6. The van der Waals surface area contributed by atoms with Crippen molar-refractivity contribution in [3.05, 3.63) is 36.0 Å². The number of rotatable bonds is 3. The Morgan fingerprint density at radius 1 is 1.50 bits per heavy atom. The van der Waals surface area contributed by atoms with Crippen LogP contribution in [0.2, 0.25) is 0 Å². The highest BCUT2D eigenvalue weighted by Gasteiger charge is 2.02. The average molecular weight is 215 g/mol. The van der Waals surface area contributed by atoms with E-state index in [-0.39, 0.29) is 0 Å². The molecule has 0 saturated carbocycles. The summed E-state index contributed by atoms with van der Waals surface area (Å²) in [7, 11) is 0. The first-order valence-electron chi connectivity index (χ1n) is 4.58. The smallest absolute Gasteiger partial charge is 0.213 e. The summed E-state index contributed by atoms with van der Waals surface area (Å²) in [5.74, 6) is 0.529. The Kier molecular flexibility index (Phi) is 2.69. The number of nitriles is 1. The van der Waals surface area contributed by atoms with Crippen molar-refractivity contribution >= 4 is 11.4 Å². The molecular weight excluding hydrogens is 206 g/mol. The van der Waals surface area contributed by atoms with Gasteiger partial charge in [0.25, 0.3) is 0 Å². The Bertz CT molecular complexity index is 515. The molecule has 6 heteroatoms. The monoisotopic (exact) mass is 215 g/mol. The third kappa shape index (κ3) is 2.09. The SMILES string of the molecule is N#Cc1ccc(N)c(NCc2ncon2)c1. The number of hydrogen-bond donors (Lipinski definition) is 2. The van der Waals surface area contributed by atoms with Gasteiger partial charge < -0.3 is 15.6 Å². The van der Waals surface area contributed by atoms with Crippen LogP contribution in [-0.2, 0) is 6.54 Å². The second kappa shape index (κ2) is 4.31. The lowest BCUT2D eigenvalue weighted by atomic mass is 10.2. The number of nitrogens with zero attached hydrogens (tertiary/aromatic N) is 3. The molecule has 6 nitrogen and oxygen atoms in total. The van der Waals surface area contributed by atoms with Gasteiger partial charge in [-0.25, -0.2) is 0 Å². The number of anilines is 2. The van der Waals surface area contributed by atoms with Crippen LogP contribution in [0.5, 0.6) is 0 Å². The van der Waals surface area contributed by atoms with Gasteiger partial charge in [0, 0.05) is 0 Å². The van der Waals surface area contributed by atoms with E-state index in [9.17, 15) is 0 Å². The molecule has 0 radical (unpaired) electrons. The lowest BCUT2D eigenvalue weighted by Gasteiger charge is -2.07. The van der Waals surface area contributed by atoms with Gasteiger partial charge in [-0.05, 0) is 18.2 Å². The third-order valence-corrected chi connectivity index (χ3v) is 2.03. The quantitative estimate of drug-likeness (QED) is 0.744. The lowest BCUT2D eigenvalue weighted by molar-refractivity contribution is 0.411. The lowest BCUT2D eigenvalue weighted by Crippen LogP contribution is -2.04. The zero-order valence-electron chi connectivity index (χ0n) is 8.34. The molecule has 0 atom stereocenters. The molecule has 1 aromatic heterocycles. The molecule has 1 heterocycles. The van der Waals surface area contributed by atoms with Crippen molar-refractivity contribution < 1.29 is 4.52 Å². The zero-order valence-corrected chi connectivity index (χ0v) is 8.34. The van der Waals surface area contributed by atoms with E-state index in [0.717, 1.165) is 0 Å². The molecule has 0 aliphatic rings. The van der Waals surface area contributed by atoms with Gasteiger partial charge in [-0.15, -0.1) is 0 Å². The second-order valence-electron chi connectivity index (χ2n) is 3.11. The zero-order chi connectivity index (χ0) is 11.4. The molecule has 0 aliphatic carbocycles. The van der Waals surface area contributed by atoms with Crippen molar-refractivity contribution in [2.24, 2.45) is 0 Å². The van der Waals surface area contributed by atoms with Crippen molar-refractivity contribution in [2.75, 3.05) is 11.1 Å². The summed E-state index contributed by atoms with van der Waals surface area (Å²) >= 11 is 0. The van der Waals surface area contributed by atoms with Gasteiger partial charge in [-0.3, -0.25) is 0 Å². The fourth-order valence-electron chi connectivity index (χ4n) is 1.22. The molecule has 80 valence electrons. The van der Waals surface area contributed by atoms with Crippen molar-refractivity contribution in [1.29, 1.82) is 5.26 Å². The van der Waals surface area contributed by atoms with Crippen LogP contribution in [-0.4, -0.2) is 10.1 Å². The van der Waals surface area contributed by atoms with E-state index in [1.165, 1.54) is 6.39 Å². The van der Waals surface area contributed by atoms with Gasteiger partial charge in [0.2, 0.25) is 6.39 Å². The van der Waals surface area contributed by atoms with Gasteiger partial charge in [0.15, 0.2) is 5.82 Å². The predicted molar refractivity (Wildman–Crippen MR) is 57.2 cm³/mol. The molecular formula is C10H9N5O. The van der Waals surface area contributed by atoms with Crippen molar-refractivity contribution in [3.63, 3.8) is 0 Å². The van der Waals surface area contributed by atoms with Crippen molar-refractivity contribution in [2.45, 2.75) is 6.54 Å². The highest BCUT2D eigenvalue weighted by Crippen LogP contribution is 2.19. The minimum absolute atomic E-state index is 0.398. The molecule has 2 aromatic rings. The van der Waals surface area contributed by atoms with Crippen LogP contribution in [0.4, 0.5) is 11.4 Å². The van der Waals surface area contributed by atoms with E-state index < -0.39 is 0 Å². The third-order valence-electron chi connectivity index (χ3n) is 2.03. The van der Waals surface area contributed by atoms with Crippen LogP contribution in [0.25, 0.3) is 0 Å². The maximum Gasteiger partial charge on any atom is 0.213 e. The summed E-state index contributed by atoms with van der Waals surface area (Å²) in [4.78, 5) is 3.86. The standard InChI is InChI=1S/C10H9N5O/c11-4-7-1-2-8(12)9(3-7)13-5-10-14-6-16-15-10/h1-3,6,13H,5,12H2. The molecule has 0 fully saturated rings. The van der Waals surface area contributed by atoms with Crippen LogP contribution in [0, 0.1) is 11.3 Å². The fraction of sp³-hybridized carbons (Fsp3) is 0.100. The predicted octanol–water partition coefficient (Wildman–Crippen LogP) is 1.14. The van der Waals surface area contributed by atoms with Gasteiger partial charge >= 0.3 is 0 Å². The molecule has 0 aliphatic heterocycles. The maximum absolute atomic E-state index is 8.75. The molecule has 0 bridgehead atoms. The topological polar surface area (TPSA) is 101 Å². The minimum Gasteiger partial charge on any atom is -0.397 e. The molecule has 0 amide bonds. The van der Waals surface area contributed by atoms with Crippen LogP contribution < -0.4 is 11.1 Å². The Balaban J connectivity index is 2.12. The van der Waals surface area contributed by atoms with E-state index >= 15 is 0 Å². The van der Waals surface area contributed by atoms with Crippen molar-refractivity contribution in [1.82, 2.24) is 10.1 Å². The molecule has 3 N–H and O–H groups in total. The van der Waals surface area contributed by atoms with Crippen LogP contribution in [0.15, 0.2) is 29.1 Å².